The van der Waals surface area contributed by atoms with Gasteiger partial charge in [0.2, 0.25) is 0 Å². The summed E-state index contributed by atoms with van der Waals surface area (Å²) in [6.45, 7) is 2.39. The van der Waals surface area contributed by atoms with Crippen molar-refractivity contribution in [3.8, 4) is 11.1 Å². The van der Waals surface area contributed by atoms with Gasteiger partial charge in [0.05, 0.1) is 6.42 Å². The molecule has 1 amide bonds. The quantitative estimate of drug-likeness (QED) is 0.579. The van der Waals surface area contributed by atoms with Crippen LogP contribution in [0.25, 0.3) is 11.1 Å². The third-order valence-corrected chi connectivity index (χ3v) is 5.37. The zero-order chi connectivity index (χ0) is 21.5. The summed E-state index contributed by atoms with van der Waals surface area (Å²) in [5, 5.41) is 0. The van der Waals surface area contributed by atoms with Crippen LogP contribution in [-0.4, -0.2) is 54.5 Å². The van der Waals surface area contributed by atoms with Gasteiger partial charge in [-0.2, -0.15) is 0 Å². The number of benzene rings is 2. The van der Waals surface area contributed by atoms with Crippen LogP contribution in [-0.2, 0) is 20.7 Å². The summed E-state index contributed by atoms with van der Waals surface area (Å²) in [4.78, 5) is 32.8. The van der Waals surface area contributed by atoms with Gasteiger partial charge in [0.15, 0.2) is 6.61 Å². The maximum atomic E-state index is 12.4. The lowest BCUT2D eigenvalue weighted by molar-refractivity contribution is -0.151. The number of hydrogen-bond acceptors (Lipinski definition) is 5. The predicted molar refractivity (Wildman–Crippen MR) is 120 cm³/mol. The van der Waals surface area contributed by atoms with Gasteiger partial charge < -0.3 is 14.5 Å². The zero-order valence-corrected chi connectivity index (χ0v) is 17.3. The molecule has 0 saturated carbocycles. The zero-order valence-electron chi connectivity index (χ0n) is 17.3. The lowest BCUT2D eigenvalue weighted by Gasteiger charge is -2.35. The number of pyridine rings is 1. The SMILES string of the molecule is O=C(Cc1ccc(-c2ccccc2)cc1)OCC(=O)N1CCN(c2ccccn2)CC1. The highest BCUT2D eigenvalue weighted by molar-refractivity contribution is 5.81. The Balaban J connectivity index is 1.21. The maximum Gasteiger partial charge on any atom is 0.310 e. The average molecular weight is 415 g/mol. The molecule has 0 unspecified atom stereocenters. The highest BCUT2D eigenvalue weighted by Gasteiger charge is 2.22. The van der Waals surface area contributed by atoms with E-state index in [9.17, 15) is 9.59 Å². The van der Waals surface area contributed by atoms with Crippen LogP contribution in [0.1, 0.15) is 5.56 Å². The molecule has 0 bridgehead atoms. The van der Waals surface area contributed by atoms with Crippen molar-refractivity contribution >= 4 is 17.7 Å². The molecule has 31 heavy (non-hydrogen) atoms. The number of anilines is 1. The van der Waals surface area contributed by atoms with Crippen molar-refractivity contribution < 1.29 is 14.3 Å². The molecule has 0 radical (unpaired) electrons. The van der Waals surface area contributed by atoms with Crippen molar-refractivity contribution in [1.82, 2.24) is 9.88 Å². The standard InChI is InChI=1S/C25H25N3O3/c29-24(28-16-14-27(15-17-28)23-8-4-5-13-26-23)19-31-25(30)18-20-9-11-22(12-10-20)21-6-2-1-3-7-21/h1-13H,14-19H2. The summed E-state index contributed by atoms with van der Waals surface area (Å²) in [5.74, 6) is 0.362. The van der Waals surface area contributed by atoms with Gasteiger partial charge in [-0.15, -0.1) is 0 Å². The van der Waals surface area contributed by atoms with Crippen LogP contribution in [0.3, 0.4) is 0 Å². The fourth-order valence-corrected chi connectivity index (χ4v) is 3.62. The van der Waals surface area contributed by atoms with Gasteiger partial charge in [-0.05, 0) is 28.8 Å². The minimum Gasteiger partial charge on any atom is -0.455 e. The maximum absolute atomic E-state index is 12.4. The van der Waals surface area contributed by atoms with Crippen molar-refractivity contribution in [2.75, 3.05) is 37.7 Å². The molecule has 1 fully saturated rings. The van der Waals surface area contributed by atoms with Crippen LogP contribution >= 0.6 is 0 Å². The number of carbonyl (C=O) groups excluding carboxylic acids is 2. The minimum atomic E-state index is -0.395. The summed E-state index contributed by atoms with van der Waals surface area (Å²) in [5.41, 5.74) is 3.09. The van der Waals surface area contributed by atoms with E-state index in [-0.39, 0.29) is 18.9 Å². The highest BCUT2D eigenvalue weighted by Crippen LogP contribution is 2.19. The monoisotopic (exact) mass is 415 g/mol. The number of esters is 1. The van der Waals surface area contributed by atoms with Gasteiger partial charge in [-0.1, -0.05) is 60.7 Å². The van der Waals surface area contributed by atoms with E-state index in [1.165, 1.54) is 0 Å². The van der Waals surface area contributed by atoms with Crippen LogP contribution in [0.15, 0.2) is 79.0 Å². The molecular weight excluding hydrogens is 390 g/mol. The van der Waals surface area contributed by atoms with Gasteiger partial charge >= 0.3 is 5.97 Å². The lowest BCUT2D eigenvalue weighted by Crippen LogP contribution is -2.50. The number of carbonyl (C=O) groups is 2. The van der Waals surface area contributed by atoms with Crippen LogP contribution < -0.4 is 4.90 Å². The average Bonchev–Trinajstić information content (AvgIpc) is 2.84. The number of hydrogen-bond donors (Lipinski definition) is 0. The first-order valence-corrected chi connectivity index (χ1v) is 10.4. The molecule has 1 saturated heterocycles. The van der Waals surface area contributed by atoms with Crippen molar-refractivity contribution in [3.63, 3.8) is 0 Å². The topological polar surface area (TPSA) is 62.7 Å². The molecule has 0 atom stereocenters. The van der Waals surface area contributed by atoms with E-state index in [4.69, 9.17) is 4.74 Å². The molecule has 4 rings (SSSR count). The normalized spacial score (nSPS) is 13.7. The van der Waals surface area contributed by atoms with Gasteiger partial charge in [0.1, 0.15) is 5.82 Å². The van der Waals surface area contributed by atoms with E-state index in [1.54, 1.807) is 11.1 Å². The number of nitrogens with zero attached hydrogens (tertiary/aromatic N) is 3. The summed E-state index contributed by atoms with van der Waals surface area (Å²) >= 11 is 0. The third-order valence-electron chi connectivity index (χ3n) is 5.37. The summed E-state index contributed by atoms with van der Waals surface area (Å²) < 4.78 is 5.23. The van der Waals surface area contributed by atoms with Gasteiger partial charge in [0.25, 0.3) is 5.91 Å². The molecule has 1 aliphatic heterocycles. The number of amides is 1. The first-order valence-electron chi connectivity index (χ1n) is 10.4. The number of aromatic nitrogens is 1. The second-order valence-electron chi connectivity index (χ2n) is 7.46. The van der Waals surface area contributed by atoms with E-state index in [2.05, 4.69) is 9.88 Å². The minimum absolute atomic E-state index is 0.149. The number of rotatable bonds is 6. The molecule has 2 heterocycles. The van der Waals surface area contributed by atoms with Crippen LogP contribution in [0.5, 0.6) is 0 Å². The summed E-state index contributed by atoms with van der Waals surface area (Å²) in [6, 6.07) is 23.7. The van der Waals surface area contributed by atoms with E-state index in [1.807, 2.05) is 72.8 Å². The smallest absolute Gasteiger partial charge is 0.310 e. The molecule has 1 aromatic heterocycles. The van der Waals surface area contributed by atoms with Crippen LogP contribution in [0.4, 0.5) is 5.82 Å². The highest BCUT2D eigenvalue weighted by atomic mass is 16.5. The molecule has 0 N–H and O–H groups in total. The van der Waals surface area contributed by atoms with E-state index in [0.29, 0.717) is 26.2 Å². The largest absolute Gasteiger partial charge is 0.455 e. The fraction of sp³-hybridized carbons (Fsp3) is 0.240. The van der Waals surface area contributed by atoms with Crippen molar-refractivity contribution in [2.45, 2.75) is 6.42 Å². The van der Waals surface area contributed by atoms with Gasteiger partial charge in [0, 0.05) is 32.4 Å². The van der Waals surface area contributed by atoms with Crippen LogP contribution in [0, 0.1) is 0 Å². The molecule has 6 heteroatoms. The second kappa shape index (κ2) is 9.89. The summed E-state index contributed by atoms with van der Waals surface area (Å²) in [7, 11) is 0. The Bertz CT molecular complexity index is 999. The Morgan fingerprint density at radius 2 is 1.48 bits per heavy atom. The van der Waals surface area contributed by atoms with E-state index >= 15 is 0 Å². The fourth-order valence-electron chi connectivity index (χ4n) is 3.62. The van der Waals surface area contributed by atoms with Crippen LogP contribution in [0.2, 0.25) is 0 Å². The number of piperazine rings is 1. The van der Waals surface area contributed by atoms with Gasteiger partial charge in [-0.25, -0.2) is 4.98 Å². The Morgan fingerprint density at radius 1 is 0.806 bits per heavy atom. The second-order valence-corrected chi connectivity index (χ2v) is 7.46. The number of ether oxygens (including phenoxy) is 1. The van der Waals surface area contributed by atoms with E-state index in [0.717, 1.165) is 22.5 Å². The first kappa shape index (κ1) is 20.6. The van der Waals surface area contributed by atoms with Crippen molar-refractivity contribution in [1.29, 1.82) is 0 Å². The van der Waals surface area contributed by atoms with Crippen molar-refractivity contribution in [3.05, 3.63) is 84.6 Å². The molecular formula is C25H25N3O3. The van der Waals surface area contributed by atoms with Gasteiger partial charge in [-0.3, -0.25) is 9.59 Å². The third kappa shape index (κ3) is 5.48. The molecule has 0 spiro atoms. The Labute approximate surface area is 182 Å². The Kier molecular flexibility index (Phi) is 6.57. The predicted octanol–water partition coefficient (Wildman–Crippen LogP) is 3.18. The molecule has 0 aliphatic carbocycles. The molecule has 1 aliphatic rings. The lowest BCUT2D eigenvalue weighted by atomic mass is 10.0. The first-order chi connectivity index (χ1) is 15.2. The molecule has 2 aromatic carbocycles. The Morgan fingerprint density at radius 3 is 2.16 bits per heavy atom. The summed E-state index contributed by atoms with van der Waals surface area (Å²) in [6.07, 6.45) is 1.91. The molecule has 158 valence electrons. The van der Waals surface area contributed by atoms with Crippen molar-refractivity contribution in [2.24, 2.45) is 0 Å². The van der Waals surface area contributed by atoms with E-state index < -0.39 is 5.97 Å². The Hall–Kier alpha value is -3.67. The molecule has 6 nitrogen and oxygen atoms in total. The molecule has 3 aromatic rings.